The van der Waals surface area contributed by atoms with Crippen LogP contribution in [0.5, 0.6) is 0 Å². The Balaban J connectivity index is 1.88. The fourth-order valence-electron chi connectivity index (χ4n) is 1.23. The van der Waals surface area contributed by atoms with Gasteiger partial charge in [-0.3, -0.25) is 0 Å². The van der Waals surface area contributed by atoms with E-state index in [1.807, 2.05) is 17.8 Å². The molecule has 0 aromatic carbocycles. The van der Waals surface area contributed by atoms with Gasteiger partial charge in [-0.05, 0) is 25.0 Å². The minimum atomic E-state index is 0.443. The lowest BCUT2D eigenvalue weighted by atomic mass is 9.94. The minimum absolute atomic E-state index is 0.443. The predicted molar refractivity (Wildman–Crippen MR) is 56.2 cm³/mol. The number of hydrogen-bond donors (Lipinski definition) is 1. The molecule has 66 valence electrons. The van der Waals surface area contributed by atoms with E-state index in [1.54, 1.807) is 11.3 Å². The van der Waals surface area contributed by atoms with Gasteiger partial charge in [0.1, 0.15) is 0 Å². The topological polar surface area (TPSA) is 26.0 Å². The Labute approximate surface area is 85.3 Å². The molecule has 2 N–H and O–H groups in total. The SMILES string of the molecule is NC1CC(Sc2ccc(Cl)s2)C1. The van der Waals surface area contributed by atoms with Crippen molar-refractivity contribution < 1.29 is 0 Å². The second-order valence-corrected chi connectivity index (χ2v) is 6.35. The van der Waals surface area contributed by atoms with Crippen LogP contribution in [-0.4, -0.2) is 11.3 Å². The Hall–Kier alpha value is 0.300. The van der Waals surface area contributed by atoms with Crippen LogP contribution in [0.25, 0.3) is 0 Å². The molecule has 4 heteroatoms. The summed E-state index contributed by atoms with van der Waals surface area (Å²) in [6.45, 7) is 0. The zero-order valence-electron chi connectivity index (χ0n) is 6.50. The van der Waals surface area contributed by atoms with Gasteiger partial charge in [0.15, 0.2) is 0 Å². The highest BCUT2D eigenvalue weighted by atomic mass is 35.5. The Bertz CT molecular complexity index is 268. The zero-order valence-corrected chi connectivity index (χ0v) is 8.88. The maximum atomic E-state index is 5.81. The molecule has 0 aliphatic heterocycles. The van der Waals surface area contributed by atoms with Crippen molar-refractivity contribution in [3.8, 4) is 0 Å². The van der Waals surface area contributed by atoms with Crippen molar-refractivity contribution in [2.75, 3.05) is 0 Å². The molecule has 1 fully saturated rings. The predicted octanol–water partition coefficient (Wildman–Crippen LogP) is 2.98. The normalized spacial score (nSPS) is 28.5. The van der Waals surface area contributed by atoms with Crippen molar-refractivity contribution in [2.24, 2.45) is 5.73 Å². The summed E-state index contributed by atoms with van der Waals surface area (Å²) < 4.78 is 2.19. The van der Waals surface area contributed by atoms with Crippen LogP contribution in [0, 0.1) is 0 Å². The summed E-state index contributed by atoms with van der Waals surface area (Å²) in [6, 6.07) is 4.48. The Kier molecular flexibility index (Phi) is 2.65. The molecule has 0 radical (unpaired) electrons. The summed E-state index contributed by atoms with van der Waals surface area (Å²) in [5, 5.41) is 0.731. The summed E-state index contributed by atoms with van der Waals surface area (Å²) in [4.78, 5) is 0. The maximum Gasteiger partial charge on any atom is 0.0940 e. The fraction of sp³-hybridized carbons (Fsp3) is 0.500. The van der Waals surface area contributed by atoms with E-state index < -0.39 is 0 Å². The Morgan fingerprint density at radius 1 is 1.50 bits per heavy atom. The summed E-state index contributed by atoms with van der Waals surface area (Å²) >= 11 is 9.38. The van der Waals surface area contributed by atoms with E-state index in [0.29, 0.717) is 6.04 Å². The first-order valence-electron chi connectivity index (χ1n) is 3.91. The van der Waals surface area contributed by atoms with E-state index in [0.717, 1.165) is 22.4 Å². The van der Waals surface area contributed by atoms with E-state index >= 15 is 0 Å². The molecule has 1 saturated carbocycles. The second-order valence-electron chi connectivity index (χ2n) is 3.03. The average molecular weight is 220 g/mol. The number of halogens is 1. The van der Waals surface area contributed by atoms with Gasteiger partial charge in [-0.1, -0.05) is 11.6 Å². The molecule has 0 saturated heterocycles. The summed E-state index contributed by atoms with van der Waals surface area (Å²) in [5.74, 6) is 0. The molecule has 1 nitrogen and oxygen atoms in total. The van der Waals surface area contributed by atoms with E-state index in [4.69, 9.17) is 17.3 Å². The van der Waals surface area contributed by atoms with Crippen LogP contribution >= 0.6 is 34.7 Å². The van der Waals surface area contributed by atoms with Crippen molar-refractivity contribution in [3.05, 3.63) is 16.5 Å². The van der Waals surface area contributed by atoms with E-state index in [9.17, 15) is 0 Å². The number of hydrogen-bond acceptors (Lipinski definition) is 3. The van der Waals surface area contributed by atoms with Crippen LogP contribution in [-0.2, 0) is 0 Å². The van der Waals surface area contributed by atoms with Crippen LogP contribution in [0.15, 0.2) is 16.3 Å². The Morgan fingerprint density at radius 2 is 2.25 bits per heavy atom. The first kappa shape index (κ1) is 8.88. The largest absolute Gasteiger partial charge is 0.328 e. The lowest BCUT2D eigenvalue weighted by molar-refractivity contribution is 0.433. The average Bonchev–Trinajstić information content (AvgIpc) is 2.33. The van der Waals surface area contributed by atoms with Crippen molar-refractivity contribution in [2.45, 2.75) is 28.3 Å². The van der Waals surface area contributed by atoms with Crippen molar-refractivity contribution in [1.29, 1.82) is 0 Å². The second kappa shape index (κ2) is 3.58. The fourth-order valence-corrected chi connectivity index (χ4v) is 4.17. The van der Waals surface area contributed by atoms with Gasteiger partial charge in [-0.25, -0.2) is 0 Å². The molecule has 1 aliphatic rings. The molecule has 0 atom stereocenters. The highest BCUT2D eigenvalue weighted by Gasteiger charge is 2.26. The van der Waals surface area contributed by atoms with Crippen LogP contribution in [0.2, 0.25) is 4.34 Å². The number of rotatable bonds is 2. The molecular weight excluding hydrogens is 210 g/mol. The van der Waals surface area contributed by atoms with Gasteiger partial charge in [0, 0.05) is 11.3 Å². The molecule has 0 unspecified atom stereocenters. The lowest BCUT2D eigenvalue weighted by Gasteiger charge is -2.31. The van der Waals surface area contributed by atoms with Crippen molar-refractivity contribution in [3.63, 3.8) is 0 Å². The maximum absolute atomic E-state index is 5.81. The molecule has 1 aromatic heterocycles. The molecule has 0 spiro atoms. The molecule has 2 rings (SSSR count). The van der Waals surface area contributed by atoms with Crippen LogP contribution < -0.4 is 5.73 Å². The minimum Gasteiger partial charge on any atom is -0.328 e. The third-order valence-electron chi connectivity index (χ3n) is 1.96. The third-order valence-corrected chi connectivity index (χ3v) is 4.61. The van der Waals surface area contributed by atoms with Crippen LogP contribution in [0.3, 0.4) is 0 Å². The lowest BCUT2D eigenvalue weighted by Crippen LogP contribution is -2.37. The van der Waals surface area contributed by atoms with E-state index in [1.165, 1.54) is 4.21 Å². The standard InChI is InChI=1S/C8H10ClNS2/c9-7-1-2-8(12-7)11-6-3-5(10)4-6/h1-2,5-6H,3-4,10H2. The first-order chi connectivity index (χ1) is 5.74. The van der Waals surface area contributed by atoms with Gasteiger partial charge >= 0.3 is 0 Å². The van der Waals surface area contributed by atoms with E-state index in [2.05, 4.69) is 6.07 Å². The molecule has 0 amide bonds. The molecule has 1 aromatic rings. The van der Waals surface area contributed by atoms with Gasteiger partial charge in [0.25, 0.3) is 0 Å². The molecule has 1 aliphatic carbocycles. The third kappa shape index (κ3) is 1.96. The van der Waals surface area contributed by atoms with Gasteiger partial charge in [0.05, 0.1) is 8.55 Å². The van der Waals surface area contributed by atoms with Gasteiger partial charge in [-0.15, -0.1) is 23.1 Å². The zero-order chi connectivity index (χ0) is 8.55. The van der Waals surface area contributed by atoms with Crippen LogP contribution in [0.1, 0.15) is 12.8 Å². The number of thioether (sulfide) groups is 1. The van der Waals surface area contributed by atoms with Crippen molar-refractivity contribution in [1.82, 2.24) is 0 Å². The molecule has 12 heavy (non-hydrogen) atoms. The first-order valence-corrected chi connectivity index (χ1v) is 5.99. The highest BCUT2D eigenvalue weighted by molar-refractivity contribution is 8.01. The van der Waals surface area contributed by atoms with Gasteiger partial charge in [0.2, 0.25) is 0 Å². The summed E-state index contributed by atoms with van der Waals surface area (Å²) in [6.07, 6.45) is 2.31. The summed E-state index contributed by atoms with van der Waals surface area (Å²) in [5.41, 5.74) is 5.69. The highest BCUT2D eigenvalue weighted by Crippen LogP contribution is 2.39. The molecular formula is C8H10ClNS2. The Morgan fingerprint density at radius 3 is 2.75 bits per heavy atom. The van der Waals surface area contributed by atoms with Crippen LogP contribution in [0.4, 0.5) is 0 Å². The summed E-state index contributed by atoms with van der Waals surface area (Å²) in [7, 11) is 0. The monoisotopic (exact) mass is 219 g/mol. The van der Waals surface area contributed by atoms with E-state index in [-0.39, 0.29) is 0 Å². The van der Waals surface area contributed by atoms with Gasteiger partial charge < -0.3 is 5.73 Å². The smallest absolute Gasteiger partial charge is 0.0940 e. The molecule has 0 bridgehead atoms. The van der Waals surface area contributed by atoms with Crippen molar-refractivity contribution >= 4 is 34.7 Å². The quantitative estimate of drug-likeness (QED) is 0.828. The number of nitrogens with two attached hydrogens (primary N) is 1. The number of thiophene rings is 1. The molecule has 1 heterocycles. The van der Waals surface area contributed by atoms with Gasteiger partial charge in [-0.2, -0.15) is 0 Å².